The van der Waals surface area contributed by atoms with Crippen LogP contribution in [0.4, 0.5) is 8.78 Å². The first kappa shape index (κ1) is 13.2. The Hall–Kier alpha value is -0.240. The van der Waals surface area contributed by atoms with Gasteiger partial charge in [0, 0.05) is 26.9 Å². The molecule has 0 radical (unpaired) electrons. The van der Waals surface area contributed by atoms with Crippen LogP contribution in [0.2, 0.25) is 0 Å². The molecule has 1 saturated carbocycles. The standard InChI is InChI=1S/C11H9BrF2INO/c12-8-3-1-2-7(9(8)15)10(17)16-6-4-11(13,14)5-6/h1-3,6H,4-5H2,(H,16,17). The Morgan fingerprint density at radius 1 is 1.47 bits per heavy atom. The average Bonchev–Trinajstić information content (AvgIpc) is 2.19. The Morgan fingerprint density at radius 3 is 2.71 bits per heavy atom. The normalized spacial score (nSPS) is 18.6. The van der Waals surface area contributed by atoms with Gasteiger partial charge >= 0.3 is 0 Å². The van der Waals surface area contributed by atoms with Crippen LogP contribution >= 0.6 is 38.5 Å². The molecule has 0 atom stereocenters. The highest BCUT2D eigenvalue weighted by Gasteiger charge is 2.46. The molecule has 2 rings (SSSR count). The third kappa shape index (κ3) is 2.96. The van der Waals surface area contributed by atoms with Gasteiger partial charge in [0.2, 0.25) is 0 Å². The molecule has 1 aromatic carbocycles. The summed E-state index contributed by atoms with van der Waals surface area (Å²) in [5.74, 6) is -2.90. The molecule has 0 aliphatic heterocycles. The summed E-state index contributed by atoms with van der Waals surface area (Å²) >= 11 is 5.37. The highest BCUT2D eigenvalue weighted by atomic mass is 127. The fourth-order valence-electron chi connectivity index (χ4n) is 1.71. The Bertz CT molecular complexity index is 459. The number of benzene rings is 1. The number of amides is 1. The second-order valence-corrected chi connectivity index (χ2v) is 5.97. The summed E-state index contributed by atoms with van der Waals surface area (Å²) in [6.45, 7) is 0. The topological polar surface area (TPSA) is 29.1 Å². The molecule has 0 spiro atoms. The number of carbonyl (C=O) groups is 1. The van der Waals surface area contributed by atoms with Gasteiger partial charge in [-0.2, -0.15) is 0 Å². The molecular formula is C11H9BrF2INO. The van der Waals surface area contributed by atoms with Crippen molar-refractivity contribution in [1.29, 1.82) is 0 Å². The number of carbonyl (C=O) groups excluding carboxylic acids is 1. The maximum Gasteiger partial charge on any atom is 0.252 e. The van der Waals surface area contributed by atoms with Gasteiger partial charge in [-0.15, -0.1) is 0 Å². The predicted molar refractivity (Wildman–Crippen MR) is 72.3 cm³/mol. The van der Waals surface area contributed by atoms with Crippen LogP contribution in [0.3, 0.4) is 0 Å². The van der Waals surface area contributed by atoms with E-state index < -0.39 is 12.0 Å². The van der Waals surface area contributed by atoms with Gasteiger partial charge in [0.15, 0.2) is 0 Å². The summed E-state index contributed by atoms with van der Waals surface area (Å²) in [4.78, 5) is 11.9. The molecule has 0 saturated heterocycles. The summed E-state index contributed by atoms with van der Waals surface area (Å²) in [7, 11) is 0. The van der Waals surface area contributed by atoms with E-state index in [1.54, 1.807) is 12.1 Å². The smallest absolute Gasteiger partial charge is 0.252 e. The van der Waals surface area contributed by atoms with Crippen molar-refractivity contribution in [1.82, 2.24) is 5.32 Å². The second-order valence-electron chi connectivity index (χ2n) is 4.04. The zero-order valence-corrected chi connectivity index (χ0v) is 12.4. The van der Waals surface area contributed by atoms with Gasteiger partial charge in [0.1, 0.15) is 0 Å². The average molecular weight is 416 g/mol. The van der Waals surface area contributed by atoms with E-state index in [1.807, 2.05) is 28.7 Å². The van der Waals surface area contributed by atoms with E-state index >= 15 is 0 Å². The molecule has 1 N–H and O–H groups in total. The van der Waals surface area contributed by atoms with Crippen molar-refractivity contribution in [3.8, 4) is 0 Å². The lowest BCUT2D eigenvalue weighted by Gasteiger charge is -2.35. The zero-order valence-electron chi connectivity index (χ0n) is 8.64. The van der Waals surface area contributed by atoms with Crippen LogP contribution < -0.4 is 5.32 Å². The highest BCUT2D eigenvalue weighted by molar-refractivity contribution is 14.1. The number of hydrogen-bond acceptors (Lipinski definition) is 1. The third-order valence-corrected chi connectivity index (χ3v) is 5.19. The lowest BCUT2D eigenvalue weighted by molar-refractivity contribution is -0.0901. The maximum atomic E-state index is 12.6. The summed E-state index contributed by atoms with van der Waals surface area (Å²) in [5, 5.41) is 2.61. The Balaban J connectivity index is 2.04. The van der Waals surface area contributed by atoms with Gasteiger partial charge in [-0.25, -0.2) is 8.78 Å². The van der Waals surface area contributed by atoms with Crippen molar-refractivity contribution >= 4 is 44.4 Å². The van der Waals surface area contributed by atoms with Crippen molar-refractivity contribution in [3.63, 3.8) is 0 Å². The van der Waals surface area contributed by atoms with Crippen LogP contribution in [0.15, 0.2) is 22.7 Å². The number of nitrogens with one attached hydrogen (secondary N) is 1. The first-order valence-electron chi connectivity index (χ1n) is 5.02. The summed E-state index contributed by atoms with van der Waals surface area (Å²) in [6.07, 6.45) is -0.521. The van der Waals surface area contributed by atoms with Crippen molar-refractivity contribution in [2.75, 3.05) is 0 Å². The van der Waals surface area contributed by atoms with E-state index in [9.17, 15) is 13.6 Å². The van der Waals surface area contributed by atoms with Crippen LogP contribution in [0.1, 0.15) is 23.2 Å². The molecule has 2 nitrogen and oxygen atoms in total. The third-order valence-electron chi connectivity index (χ3n) is 2.62. The summed E-state index contributed by atoms with van der Waals surface area (Å²) in [6, 6.07) is 4.85. The van der Waals surface area contributed by atoms with Crippen molar-refractivity contribution in [2.45, 2.75) is 24.8 Å². The molecule has 0 bridgehead atoms. The van der Waals surface area contributed by atoms with Gasteiger partial charge in [-0.05, 0) is 50.7 Å². The Labute approximate surface area is 119 Å². The molecule has 0 unspecified atom stereocenters. The Kier molecular flexibility index (Phi) is 3.72. The minimum atomic E-state index is -2.61. The van der Waals surface area contributed by atoms with Crippen molar-refractivity contribution in [3.05, 3.63) is 31.8 Å². The quantitative estimate of drug-likeness (QED) is 0.735. The first-order chi connectivity index (χ1) is 7.89. The molecule has 1 fully saturated rings. The van der Waals surface area contributed by atoms with Gasteiger partial charge in [-0.3, -0.25) is 4.79 Å². The minimum absolute atomic E-state index is 0.261. The minimum Gasteiger partial charge on any atom is -0.349 e. The van der Waals surface area contributed by atoms with E-state index in [1.165, 1.54) is 0 Å². The highest BCUT2D eigenvalue weighted by Crippen LogP contribution is 2.37. The van der Waals surface area contributed by atoms with Crippen LogP contribution in [-0.4, -0.2) is 17.9 Å². The number of alkyl halides is 2. The monoisotopic (exact) mass is 415 g/mol. The molecule has 92 valence electrons. The molecule has 0 heterocycles. The van der Waals surface area contributed by atoms with Crippen molar-refractivity contribution in [2.24, 2.45) is 0 Å². The first-order valence-corrected chi connectivity index (χ1v) is 6.89. The van der Waals surface area contributed by atoms with Gasteiger partial charge in [0.05, 0.1) is 5.56 Å². The molecule has 1 amide bonds. The summed E-state index contributed by atoms with van der Waals surface area (Å²) in [5.41, 5.74) is 0.509. The summed E-state index contributed by atoms with van der Waals surface area (Å²) < 4.78 is 26.9. The number of rotatable bonds is 2. The van der Waals surface area contributed by atoms with Gasteiger partial charge < -0.3 is 5.32 Å². The largest absolute Gasteiger partial charge is 0.349 e. The Morgan fingerprint density at radius 2 is 2.12 bits per heavy atom. The maximum absolute atomic E-state index is 12.6. The van der Waals surface area contributed by atoms with Crippen molar-refractivity contribution < 1.29 is 13.6 Å². The molecule has 1 aromatic rings. The van der Waals surface area contributed by atoms with E-state index in [-0.39, 0.29) is 18.7 Å². The van der Waals surface area contributed by atoms with E-state index in [0.29, 0.717) is 5.56 Å². The molecular weight excluding hydrogens is 407 g/mol. The molecule has 6 heteroatoms. The van der Waals surface area contributed by atoms with Gasteiger partial charge in [-0.1, -0.05) is 6.07 Å². The lowest BCUT2D eigenvalue weighted by Crippen LogP contribution is -2.50. The number of hydrogen-bond donors (Lipinski definition) is 1. The van der Waals surface area contributed by atoms with Crippen LogP contribution in [0, 0.1) is 3.57 Å². The molecule has 1 aliphatic rings. The SMILES string of the molecule is O=C(NC1CC(F)(F)C1)c1cccc(Br)c1I. The fraction of sp³-hybridized carbons (Fsp3) is 0.364. The fourth-order valence-corrected chi connectivity index (χ4v) is 2.68. The molecule has 0 aromatic heterocycles. The molecule has 17 heavy (non-hydrogen) atoms. The predicted octanol–water partition coefficient (Wildman–Crippen LogP) is 3.58. The van der Waals surface area contributed by atoms with E-state index in [2.05, 4.69) is 21.2 Å². The molecule has 1 aliphatic carbocycles. The number of halogens is 4. The van der Waals surface area contributed by atoms with Crippen LogP contribution in [0.25, 0.3) is 0 Å². The second kappa shape index (κ2) is 4.79. The zero-order chi connectivity index (χ0) is 12.6. The van der Waals surface area contributed by atoms with Gasteiger partial charge in [0.25, 0.3) is 11.8 Å². The van der Waals surface area contributed by atoms with Crippen LogP contribution in [0.5, 0.6) is 0 Å². The van der Waals surface area contributed by atoms with E-state index in [4.69, 9.17) is 0 Å². The lowest BCUT2D eigenvalue weighted by atomic mass is 9.88. The van der Waals surface area contributed by atoms with E-state index in [0.717, 1.165) is 8.04 Å². The van der Waals surface area contributed by atoms with Crippen LogP contribution in [-0.2, 0) is 0 Å².